The van der Waals surface area contributed by atoms with Gasteiger partial charge in [-0.3, -0.25) is 4.79 Å². The van der Waals surface area contributed by atoms with Gasteiger partial charge in [0.05, 0.1) is 18.2 Å². The summed E-state index contributed by atoms with van der Waals surface area (Å²) in [4.78, 5) is 12.8. The fourth-order valence-corrected chi connectivity index (χ4v) is 3.29. The van der Waals surface area contributed by atoms with Gasteiger partial charge in [-0.15, -0.1) is 0 Å². The average molecular weight is 356 g/mol. The minimum absolute atomic E-state index is 0.0879. The van der Waals surface area contributed by atoms with Crippen molar-refractivity contribution in [3.63, 3.8) is 0 Å². The normalized spacial score (nSPS) is 18.8. The third-order valence-electron chi connectivity index (χ3n) is 3.27. The number of hydrogen-bond donors (Lipinski definition) is 0. The summed E-state index contributed by atoms with van der Waals surface area (Å²) in [7, 11) is 2.31. The maximum atomic E-state index is 14.2. The average Bonchev–Trinajstić information content (AvgIpc) is 2.92. The van der Waals surface area contributed by atoms with E-state index < -0.39 is 31.2 Å². The van der Waals surface area contributed by atoms with Crippen LogP contribution >= 0.6 is 22.3 Å². The van der Waals surface area contributed by atoms with E-state index >= 15 is 0 Å². The lowest BCUT2D eigenvalue weighted by Gasteiger charge is -2.23. The number of halogens is 3. The van der Waals surface area contributed by atoms with Crippen molar-refractivity contribution in [1.29, 1.82) is 0 Å². The van der Waals surface area contributed by atoms with E-state index in [-0.39, 0.29) is 11.1 Å². The summed E-state index contributed by atoms with van der Waals surface area (Å²) in [6.45, 7) is 0.868. The summed E-state index contributed by atoms with van der Waals surface area (Å²) < 4.78 is 42.1. The molecule has 1 saturated heterocycles. The lowest BCUT2D eigenvalue weighted by molar-refractivity contribution is 0.0706. The molecule has 0 bridgehead atoms. The summed E-state index contributed by atoms with van der Waals surface area (Å²) in [6.07, 6.45) is 0.630. The molecule has 0 aliphatic carbocycles. The molecule has 1 aliphatic heterocycles. The smallest absolute Gasteiger partial charge is 0.264 e. The topological polar surface area (TPSA) is 63.7 Å². The van der Waals surface area contributed by atoms with Crippen LogP contribution in [-0.4, -0.2) is 45.5 Å². The first-order valence-corrected chi connectivity index (χ1v) is 8.69. The minimum atomic E-state index is -4.34. The highest BCUT2D eigenvalue weighted by Gasteiger charge is 2.29. The molecule has 1 amide bonds. The van der Waals surface area contributed by atoms with Crippen molar-refractivity contribution in [3.8, 4) is 0 Å². The second-order valence-electron chi connectivity index (χ2n) is 4.64. The van der Waals surface area contributed by atoms with Crippen molar-refractivity contribution in [1.82, 2.24) is 4.90 Å². The zero-order valence-electron chi connectivity index (χ0n) is 11.0. The molecule has 0 aromatic heterocycles. The predicted molar refractivity (Wildman–Crippen MR) is 75.8 cm³/mol. The number of benzene rings is 1. The van der Waals surface area contributed by atoms with Gasteiger partial charge in [0, 0.05) is 29.4 Å². The van der Waals surface area contributed by atoms with E-state index in [1.165, 1.54) is 11.9 Å². The van der Waals surface area contributed by atoms with Crippen molar-refractivity contribution in [2.45, 2.75) is 17.4 Å². The van der Waals surface area contributed by atoms with Gasteiger partial charge in [-0.1, -0.05) is 11.6 Å². The molecule has 2 rings (SSSR count). The second-order valence-corrected chi connectivity index (χ2v) is 7.61. The van der Waals surface area contributed by atoms with Gasteiger partial charge in [0.25, 0.3) is 15.0 Å². The minimum Gasteiger partial charge on any atom is -0.379 e. The summed E-state index contributed by atoms with van der Waals surface area (Å²) in [5.74, 6) is -1.88. The molecule has 1 fully saturated rings. The molecule has 0 saturated carbocycles. The van der Waals surface area contributed by atoms with Gasteiger partial charge in [0.2, 0.25) is 0 Å². The van der Waals surface area contributed by atoms with E-state index in [0.29, 0.717) is 19.6 Å². The van der Waals surface area contributed by atoms with E-state index in [2.05, 4.69) is 0 Å². The number of carbonyl (C=O) groups is 1. The quantitative estimate of drug-likeness (QED) is 0.780. The molecule has 21 heavy (non-hydrogen) atoms. The Labute approximate surface area is 131 Å². The first kappa shape index (κ1) is 16.5. The fourth-order valence-electron chi connectivity index (χ4n) is 2.08. The maximum Gasteiger partial charge on any atom is 0.264 e. The monoisotopic (exact) mass is 355 g/mol. The van der Waals surface area contributed by atoms with Crippen LogP contribution in [0.1, 0.15) is 16.8 Å². The van der Waals surface area contributed by atoms with Gasteiger partial charge < -0.3 is 9.64 Å². The molecule has 1 aromatic rings. The highest BCUT2D eigenvalue weighted by atomic mass is 35.7. The molecular formula is C12H12Cl2FNO4S. The van der Waals surface area contributed by atoms with Crippen LogP contribution in [0.5, 0.6) is 0 Å². The lowest BCUT2D eigenvalue weighted by Crippen LogP contribution is -2.37. The number of nitrogens with zero attached hydrogens (tertiary/aromatic N) is 1. The molecule has 1 unspecified atom stereocenters. The van der Waals surface area contributed by atoms with Gasteiger partial charge in [0.1, 0.15) is 4.90 Å². The molecule has 1 aromatic carbocycles. The van der Waals surface area contributed by atoms with E-state index in [1.807, 2.05) is 0 Å². The predicted octanol–water partition coefficient (Wildman–Crippen LogP) is 2.27. The molecular weight excluding hydrogens is 344 g/mol. The first-order chi connectivity index (χ1) is 9.71. The van der Waals surface area contributed by atoms with Crippen LogP contribution in [0.2, 0.25) is 5.02 Å². The van der Waals surface area contributed by atoms with Crippen LogP contribution in [0.15, 0.2) is 17.0 Å². The van der Waals surface area contributed by atoms with E-state index in [1.54, 1.807) is 0 Å². The Morgan fingerprint density at radius 3 is 2.67 bits per heavy atom. The number of carbonyl (C=O) groups excluding carboxylic acids is 1. The number of likely N-dealkylation sites (N-methyl/N-ethyl adjacent to an activating group) is 1. The van der Waals surface area contributed by atoms with Crippen LogP contribution in [-0.2, 0) is 13.8 Å². The standard InChI is InChI=1S/C12H12Cl2FNO4S/c1-16(8-2-3-20-6-8)12(17)9-4-7(13)5-10(11(9)15)21(14,18)19/h4-5,8H,2-3,6H2,1H3. The molecule has 116 valence electrons. The van der Waals surface area contributed by atoms with Crippen LogP contribution in [0.25, 0.3) is 0 Å². The van der Waals surface area contributed by atoms with Crippen molar-refractivity contribution < 1.29 is 22.3 Å². The summed E-state index contributed by atoms with van der Waals surface area (Å²) >= 11 is 5.75. The zero-order valence-corrected chi connectivity index (χ0v) is 13.3. The molecule has 1 aliphatic rings. The van der Waals surface area contributed by atoms with Gasteiger partial charge >= 0.3 is 0 Å². The van der Waals surface area contributed by atoms with Crippen molar-refractivity contribution >= 4 is 37.2 Å². The number of hydrogen-bond acceptors (Lipinski definition) is 4. The van der Waals surface area contributed by atoms with E-state index in [0.717, 1.165) is 12.1 Å². The van der Waals surface area contributed by atoms with Crippen LogP contribution in [0.3, 0.4) is 0 Å². The zero-order chi connectivity index (χ0) is 15.8. The number of amides is 1. The third kappa shape index (κ3) is 3.48. The first-order valence-electron chi connectivity index (χ1n) is 6.00. The maximum absolute atomic E-state index is 14.2. The molecule has 1 heterocycles. The molecule has 9 heteroatoms. The second kappa shape index (κ2) is 6.08. The van der Waals surface area contributed by atoms with Crippen molar-refractivity contribution in [3.05, 3.63) is 28.5 Å². The Bertz CT molecular complexity index is 674. The van der Waals surface area contributed by atoms with Gasteiger partial charge in [-0.25, -0.2) is 12.8 Å². The molecule has 1 atom stereocenters. The van der Waals surface area contributed by atoms with Gasteiger partial charge in [-0.2, -0.15) is 0 Å². The Balaban J connectivity index is 2.44. The van der Waals surface area contributed by atoms with Gasteiger partial charge in [0.15, 0.2) is 5.82 Å². The highest BCUT2D eigenvalue weighted by Crippen LogP contribution is 2.27. The lowest BCUT2D eigenvalue weighted by atomic mass is 10.1. The Hall–Kier alpha value is -0.890. The molecule has 5 nitrogen and oxygen atoms in total. The molecule has 0 spiro atoms. The Morgan fingerprint density at radius 1 is 1.48 bits per heavy atom. The van der Waals surface area contributed by atoms with Crippen LogP contribution in [0, 0.1) is 5.82 Å². The third-order valence-corrected chi connectivity index (χ3v) is 4.81. The molecule has 0 radical (unpaired) electrons. The van der Waals surface area contributed by atoms with Crippen molar-refractivity contribution in [2.24, 2.45) is 0 Å². The largest absolute Gasteiger partial charge is 0.379 e. The highest BCUT2D eigenvalue weighted by molar-refractivity contribution is 8.13. The number of ether oxygens (including phenoxy) is 1. The van der Waals surface area contributed by atoms with E-state index in [9.17, 15) is 17.6 Å². The summed E-state index contributed by atoms with van der Waals surface area (Å²) in [6, 6.07) is 1.76. The van der Waals surface area contributed by atoms with Crippen LogP contribution in [0.4, 0.5) is 4.39 Å². The SMILES string of the molecule is CN(C(=O)c1cc(Cl)cc(S(=O)(=O)Cl)c1F)C1CCOC1. The van der Waals surface area contributed by atoms with E-state index in [4.69, 9.17) is 27.0 Å². The summed E-state index contributed by atoms with van der Waals surface area (Å²) in [5.41, 5.74) is -0.434. The Kier molecular flexibility index (Phi) is 4.77. The van der Waals surface area contributed by atoms with Crippen molar-refractivity contribution in [2.75, 3.05) is 20.3 Å². The summed E-state index contributed by atoms with van der Waals surface area (Å²) in [5, 5.41) is -0.0879. The van der Waals surface area contributed by atoms with Crippen LogP contribution < -0.4 is 0 Å². The number of rotatable bonds is 3. The van der Waals surface area contributed by atoms with Gasteiger partial charge in [-0.05, 0) is 18.6 Å². The molecule has 0 N–H and O–H groups in total. The fraction of sp³-hybridized carbons (Fsp3) is 0.417. The Morgan fingerprint density at radius 2 is 2.14 bits per heavy atom.